The second-order valence-electron chi connectivity index (χ2n) is 3.15. The van der Waals surface area contributed by atoms with Crippen LogP contribution < -0.4 is 0 Å². The fourth-order valence-corrected chi connectivity index (χ4v) is 1.77. The largest absolute Gasteiger partial charge is 0.296 e. The molecule has 0 unspecified atom stereocenters. The van der Waals surface area contributed by atoms with Gasteiger partial charge in [-0.25, -0.2) is 4.98 Å². The van der Waals surface area contributed by atoms with Gasteiger partial charge in [0.1, 0.15) is 5.69 Å². The van der Waals surface area contributed by atoms with Gasteiger partial charge in [0.25, 0.3) is 0 Å². The molecule has 0 radical (unpaired) electrons. The molecule has 0 saturated heterocycles. The van der Waals surface area contributed by atoms with Crippen molar-refractivity contribution in [2.45, 2.75) is 6.92 Å². The van der Waals surface area contributed by atoms with Crippen LogP contribution in [-0.4, -0.2) is 11.3 Å². The van der Waals surface area contributed by atoms with E-state index in [-0.39, 0.29) is 0 Å². The molecule has 14 heavy (non-hydrogen) atoms. The van der Waals surface area contributed by atoms with Crippen molar-refractivity contribution in [2.75, 3.05) is 0 Å². The second kappa shape index (κ2) is 3.50. The molecular weight excluding hydrogens is 242 g/mol. The van der Waals surface area contributed by atoms with Crippen LogP contribution in [-0.2, 0) is 0 Å². The summed E-state index contributed by atoms with van der Waals surface area (Å²) in [6, 6.07) is 7.77. The Balaban J connectivity index is 2.79. The number of hydrogen-bond donors (Lipinski definition) is 0. The Kier molecular flexibility index (Phi) is 2.33. The lowest BCUT2D eigenvalue weighted by Crippen LogP contribution is -1.92. The van der Waals surface area contributed by atoms with Gasteiger partial charge in [0.2, 0.25) is 0 Å². The van der Waals surface area contributed by atoms with Crippen molar-refractivity contribution in [3.8, 4) is 0 Å². The maximum atomic E-state index is 10.7. The highest BCUT2D eigenvalue weighted by molar-refractivity contribution is 9.10. The highest BCUT2D eigenvalue weighted by Crippen LogP contribution is 2.20. The van der Waals surface area contributed by atoms with Crippen LogP contribution in [0, 0.1) is 6.92 Å². The Morgan fingerprint density at radius 1 is 1.36 bits per heavy atom. The van der Waals surface area contributed by atoms with Crippen LogP contribution >= 0.6 is 15.9 Å². The smallest absolute Gasteiger partial charge is 0.168 e. The topological polar surface area (TPSA) is 30.0 Å². The molecule has 0 atom stereocenters. The van der Waals surface area contributed by atoms with E-state index in [0.717, 1.165) is 27.2 Å². The number of pyridine rings is 1. The van der Waals surface area contributed by atoms with Gasteiger partial charge in [-0.3, -0.25) is 4.79 Å². The summed E-state index contributed by atoms with van der Waals surface area (Å²) in [6.45, 7) is 1.89. The number of carbonyl (C=O) groups excluding carboxylic acids is 1. The molecule has 2 rings (SSSR count). The summed E-state index contributed by atoms with van der Waals surface area (Å²) in [6.07, 6.45) is 0.789. The van der Waals surface area contributed by atoms with Gasteiger partial charge in [0.15, 0.2) is 6.29 Å². The van der Waals surface area contributed by atoms with Crippen LogP contribution in [0.1, 0.15) is 16.1 Å². The summed E-state index contributed by atoms with van der Waals surface area (Å²) >= 11 is 3.40. The molecule has 0 aliphatic rings. The van der Waals surface area contributed by atoms with Gasteiger partial charge in [-0.2, -0.15) is 0 Å². The summed E-state index contributed by atoms with van der Waals surface area (Å²) in [7, 11) is 0. The van der Waals surface area contributed by atoms with Gasteiger partial charge < -0.3 is 0 Å². The van der Waals surface area contributed by atoms with E-state index in [2.05, 4.69) is 20.9 Å². The van der Waals surface area contributed by atoms with Gasteiger partial charge in [0.05, 0.1) is 5.52 Å². The maximum absolute atomic E-state index is 10.7. The summed E-state index contributed by atoms with van der Waals surface area (Å²) in [4.78, 5) is 14.9. The summed E-state index contributed by atoms with van der Waals surface area (Å²) in [5.74, 6) is 0. The van der Waals surface area contributed by atoms with Gasteiger partial charge in [-0.15, -0.1) is 0 Å². The molecule has 1 heterocycles. The van der Waals surface area contributed by atoms with Crippen LogP contribution in [0.4, 0.5) is 0 Å². The molecule has 1 aromatic carbocycles. The number of aromatic nitrogens is 1. The molecular formula is C11H8BrNO. The van der Waals surface area contributed by atoms with Gasteiger partial charge in [0, 0.05) is 9.86 Å². The maximum Gasteiger partial charge on any atom is 0.168 e. The lowest BCUT2D eigenvalue weighted by Gasteiger charge is -2.02. The Hall–Kier alpha value is -1.22. The van der Waals surface area contributed by atoms with Crippen LogP contribution in [0.3, 0.4) is 0 Å². The lowest BCUT2D eigenvalue weighted by molar-refractivity contribution is 0.111. The number of rotatable bonds is 1. The molecule has 0 amide bonds. The molecule has 0 bridgehead atoms. The number of aryl methyl sites for hydroxylation is 1. The predicted molar refractivity (Wildman–Crippen MR) is 59.6 cm³/mol. The van der Waals surface area contributed by atoms with Crippen molar-refractivity contribution in [3.63, 3.8) is 0 Å². The number of carbonyl (C=O) groups is 1. The average Bonchev–Trinajstić information content (AvgIpc) is 2.16. The SMILES string of the molecule is Cc1cc2cc(Br)ccc2nc1C=O. The molecule has 0 saturated carbocycles. The number of fused-ring (bicyclic) bond motifs is 1. The van der Waals surface area contributed by atoms with Crippen LogP contribution in [0.2, 0.25) is 0 Å². The quantitative estimate of drug-likeness (QED) is 0.728. The highest BCUT2D eigenvalue weighted by Gasteiger charge is 2.02. The zero-order valence-corrected chi connectivity index (χ0v) is 9.21. The molecule has 0 aliphatic carbocycles. The second-order valence-corrected chi connectivity index (χ2v) is 4.06. The third-order valence-electron chi connectivity index (χ3n) is 2.12. The fraction of sp³-hybridized carbons (Fsp3) is 0.0909. The molecule has 3 heteroatoms. The summed E-state index contributed by atoms with van der Waals surface area (Å²) in [5, 5.41) is 1.04. The molecule has 1 aromatic heterocycles. The predicted octanol–water partition coefficient (Wildman–Crippen LogP) is 3.12. The Labute approximate surface area is 90.1 Å². The van der Waals surface area contributed by atoms with Crippen LogP contribution in [0.15, 0.2) is 28.7 Å². The van der Waals surface area contributed by atoms with Crippen molar-refractivity contribution in [3.05, 3.63) is 40.0 Å². The minimum absolute atomic E-state index is 0.514. The van der Waals surface area contributed by atoms with Crippen molar-refractivity contribution in [2.24, 2.45) is 0 Å². The fourth-order valence-electron chi connectivity index (χ4n) is 1.39. The van der Waals surface area contributed by atoms with E-state index in [0.29, 0.717) is 5.69 Å². The first-order chi connectivity index (χ1) is 6.70. The number of halogens is 1. The number of benzene rings is 1. The van der Waals surface area contributed by atoms with E-state index < -0.39 is 0 Å². The zero-order chi connectivity index (χ0) is 10.1. The summed E-state index contributed by atoms with van der Waals surface area (Å²) in [5.41, 5.74) is 2.27. The first-order valence-electron chi connectivity index (χ1n) is 4.23. The minimum atomic E-state index is 0.514. The molecule has 2 nitrogen and oxygen atoms in total. The van der Waals surface area contributed by atoms with E-state index in [9.17, 15) is 4.79 Å². The van der Waals surface area contributed by atoms with Gasteiger partial charge in [-0.1, -0.05) is 15.9 Å². The molecule has 0 spiro atoms. The normalized spacial score (nSPS) is 10.4. The van der Waals surface area contributed by atoms with Crippen LogP contribution in [0.5, 0.6) is 0 Å². The van der Waals surface area contributed by atoms with Crippen molar-refractivity contribution >= 4 is 33.1 Å². The third-order valence-corrected chi connectivity index (χ3v) is 2.61. The van der Waals surface area contributed by atoms with E-state index in [1.165, 1.54) is 0 Å². The standard InChI is InChI=1S/C11H8BrNO/c1-7-4-8-5-9(12)2-3-10(8)13-11(7)6-14/h2-6H,1H3. The molecule has 70 valence electrons. The van der Waals surface area contributed by atoms with Gasteiger partial charge in [-0.05, 0) is 36.8 Å². The average molecular weight is 250 g/mol. The van der Waals surface area contributed by atoms with Gasteiger partial charge >= 0.3 is 0 Å². The van der Waals surface area contributed by atoms with Crippen LogP contribution in [0.25, 0.3) is 10.9 Å². The Bertz CT molecular complexity index is 508. The molecule has 0 aliphatic heterocycles. The lowest BCUT2D eigenvalue weighted by atomic mass is 10.1. The Morgan fingerprint density at radius 2 is 2.14 bits per heavy atom. The Morgan fingerprint density at radius 3 is 2.86 bits per heavy atom. The number of hydrogen-bond acceptors (Lipinski definition) is 2. The first kappa shape index (κ1) is 9.34. The molecule has 0 N–H and O–H groups in total. The molecule has 2 aromatic rings. The number of nitrogens with zero attached hydrogens (tertiary/aromatic N) is 1. The van der Waals surface area contributed by atoms with E-state index in [1.807, 2.05) is 31.2 Å². The monoisotopic (exact) mass is 249 g/mol. The van der Waals surface area contributed by atoms with E-state index in [1.54, 1.807) is 0 Å². The van der Waals surface area contributed by atoms with Crippen molar-refractivity contribution in [1.29, 1.82) is 0 Å². The first-order valence-corrected chi connectivity index (χ1v) is 5.02. The zero-order valence-electron chi connectivity index (χ0n) is 7.62. The number of aldehydes is 1. The third kappa shape index (κ3) is 1.55. The minimum Gasteiger partial charge on any atom is -0.296 e. The van der Waals surface area contributed by atoms with Crippen molar-refractivity contribution in [1.82, 2.24) is 4.98 Å². The van der Waals surface area contributed by atoms with E-state index >= 15 is 0 Å². The molecule has 0 fully saturated rings. The summed E-state index contributed by atoms with van der Waals surface area (Å²) < 4.78 is 1.02. The van der Waals surface area contributed by atoms with Crippen molar-refractivity contribution < 1.29 is 4.79 Å². The highest BCUT2D eigenvalue weighted by atomic mass is 79.9. The van der Waals surface area contributed by atoms with E-state index in [4.69, 9.17) is 0 Å².